The molecule has 0 spiro atoms. The molecule has 0 aromatic heterocycles. The molecule has 9 nitrogen and oxygen atoms in total. The van der Waals surface area contributed by atoms with E-state index >= 15 is 0 Å². The minimum absolute atomic E-state index is 0.0209. The van der Waals surface area contributed by atoms with Crippen molar-refractivity contribution in [2.45, 2.75) is 12.8 Å². The van der Waals surface area contributed by atoms with Gasteiger partial charge in [0, 0.05) is 18.9 Å². The summed E-state index contributed by atoms with van der Waals surface area (Å²) in [6.45, 7) is 0. The van der Waals surface area contributed by atoms with Gasteiger partial charge in [0.2, 0.25) is 11.8 Å². The first-order chi connectivity index (χ1) is 8.91. The third-order valence-electron chi connectivity index (χ3n) is 2.66. The highest BCUT2D eigenvalue weighted by molar-refractivity contribution is 6.20. The molecule has 0 bridgehead atoms. The summed E-state index contributed by atoms with van der Waals surface area (Å²) >= 11 is 0. The maximum Gasteiger partial charge on any atom is 0.300 e. The molecule has 9 heteroatoms. The van der Waals surface area contributed by atoms with Crippen LogP contribution in [0.1, 0.15) is 12.8 Å². The highest BCUT2D eigenvalue weighted by Gasteiger charge is 2.35. The largest absolute Gasteiger partial charge is 0.300 e. The van der Waals surface area contributed by atoms with Crippen molar-refractivity contribution >= 4 is 28.9 Å². The lowest BCUT2D eigenvalue weighted by Crippen LogP contribution is -2.29. The van der Waals surface area contributed by atoms with Crippen LogP contribution in [0.15, 0.2) is 18.2 Å². The lowest BCUT2D eigenvalue weighted by Gasteiger charge is -2.13. The van der Waals surface area contributed by atoms with E-state index in [4.69, 9.17) is 0 Å². The lowest BCUT2D eigenvalue weighted by atomic mass is 10.2. The maximum atomic E-state index is 11.5. The van der Waals surface area contributed by atoms with Gasteiger partial charge in [-0.15, -0.1) is 0 Å². The molecule has 0 saturated carbocycles. The van der Waals surface area contributed by atoms with Crippen molar-refractivity contribution < 1.29 is 19.4 Å². The van der Waals surface area contributed by atoms with E-state index in [0.717, 1.165) is 18.2 Å². The molecule has 0 aliphatic carbocycles. The fourth-order valence-corrected chi connectivity index (χ4v) is 1.81. The van der Waals surface area contributed by atoms with Crippen LogP contribution in [0.25, 0.3) is 0 Å². The van der Waals surface area contributed by atoms with Crippen LogP contribution < -0.4 is 4.90 Å². The van der Waals surface area contributed by atoms with E-state index in [1.807, 2.05) is 0 Å². The minimum Gasteiger partial charge on any atom is -0.274 e. The number of nitrogens with zero attached hydrogens (tertiary/aromatic N) is 3. The first kappa shape index (κ1) is 12.6. The molecule has 1 aliphatic heterocycles. The summed E-state index contributed by atoms with van der Waals surface area (Å²) in [6.07, 6.45) is -0.0417. The Balaban J connectivity index is 2.57. The zero-order chi connectivity index (χ0) is 14.2. The van der Waals surface area contributed by atoms with Crippen molar-refractivity contribution in [3.63, 3.8) is 0 Å². The Labute approximate surface area is 105 Å². The summed E-state index contributed by atoms with van der Waals surface area (Å²) in [4.78, 5) is 43.6. The molecule has 2 amide bonds. The van der Waals surface area contributed by atoms with Crippen LogP contribution in [0, 0.1) is 20.2 Å². The van der Waals surface area contributed by atoms with Gasteiger partial charge in [0.05, 0.1) is 15.9 Å². The average molecular weight is 265 g/mol. The maximum absolute atomic E-state index is 11.5. The normalized spacial score (nSPS) is 14.8. The quantitative estimate of drug-likeness (QED) is 0.458. The highest BCUT2D eigenvalue weighted by Crippen LogP contribution is 2.34. The number of rotatable bonds is 3. The third-order valence-corrected chi connectivity index (χ3v) is 2.66. The van der Waals surface area contributed by atoms with Crippen LogP contribution in [-0.4, -0.2) is 21.7 Å². The number of nitro benzene ring substituents is 2. The molecule has 1 saturated heterocycles. The van der Waals surface area contributed by atoms with Crippen molar-refractivity contribution in [2.24, 2.45) is 0 Å². The molecule has 1 aromatic carbocycles. The second kappa shape index (κ2) is 4.44. The predicted octanol–water partition coefficient (Wildman–Crippen LogP) is 1.16. The van der Waals surface area contributed by atoms with Crippen LogP contribution in [0.5, 0.6) is 0 Å². The number of hydrogen-bond acceptors (Lipinski definition) is 6. The first-order valence-electron chi connectivity index (χ1n) is 5.20. The monoisotopic (exact) mass is 265 g/mol. The van der Waals surface area contributed by atoms with E-state index < -0.39 is 33.0 Å². The SMILES string of the molecule is O=C1CCC(=O)N1c1ccc([N+](=O)[O-])cc1[N+](=O)[O-]. The van der Waals surface area contributed by atoms with Gasteiger partial charge in [-0.05, 0) is 6.07 Å². The molecular weight excluding hydrogens is 258 g/mol. The van der Waals surface area contributed by atoms with Crippen LogP contribution in [0.4, 0.5) is 17.1 Å². The Morgan fingerprint density at radius 1 is 1.00 bits per heavy atom. The molecule has 19 heavy (non-hydrogen) atoms. The number of imide groups is 1. The summed E-state index contributed by atoms with van der Waals surface area (Å²) in [6, 6.07) is 2.78. The molecule has 1 aliphatic rings. The Hall–Kier alpha value is -2.84. The van der Waals surface area contributed by atoms with Crippen LogP contribution in [0.2, 0.25) is 0 Å². The van der Waals surface area contributed by atoms with E-state index in [1.54, 1.807) is 0 Å². The second-order valence-electron chi connectivity index (χ2n) is 3.81. The van der Waals surface area contributed by atoms with Crippen molar-refractivity contribution in [3.8, 4) is 0 Å². The van der Waals surface area contributed by atoms with Gasteiger partial charge in [-0.3, -0.25) is 29.8 Å². The fraction of sp³-hybridized carbons (Fsp3) is 0.200. The molecule has 1 heterocycles. The standard InChI is InChI=1S/C10H7N3O6/c14-9-3-4-10(15)11(9)7-2-1-6(12(16)17)5-8(7)13(18)19/h1-2,5H,3-4H2. The molecule has 0 atom stereocenters. The van der Waals surface area contributed by atoms with Gasteiger partial charge in [0.15, 0.2) is 0 Å². The third kappa shape index (κ3) is 2.12. The average Bonchev–Trinajstić information content (AvgIpc) is 2.68. The van der Waals surface area contributed by atoms with E-state index in [1.165, 1.54) is 0 Å². The number of nitro groups is 2. The fourth-order valence-electron chi connectivity index (χ4n) is 1.81. The molecule has 1 fully saturated rings. The van der Waals surface area contributed by atoms with E-state index in [2.05, 4.69) is 0 Å². The molecule has 0 unspecified atom stereocenters. The molecule has 1 aromatic rings. The Morgan fingerprint density at radius 2 is 1.58 bits per heavy atom. The summed E-state index contributed by atoms with van der Waals surface area (Å²) in [5, 5.41) is 21.5. The molecule has 98 valence electrons. The van der Waals surface area contributed by atoms with Crippen molar-refractivity contribution in [1.82, 2.24) is 0 Å². The van der Waals surface area contributed by atoms with E-state index in [0.29, 0.717) is 4.90 Å². The molecular formula is C10H7N3O6. The van der Waals surface area contributed by atoms with Gasteiger partial charge in [-0.1, -0.05) is 0 Å². The van der Waals surface area contributed by atoms with E-state index in [-0.39, 0.29) is 18.5 Å². The zero-order valence-electron chi connectivity index (χ0n) is 9.44. The van der Waals surface area contributed by atoms with Crippen LogP contribution in [-0.2, 0) is 9.59 Å². The predicted molar refractivity (Wildman–Crippen MR) is 61.5 cm³/mol. The number of anilines is 1. The van der Waals surface area contributed by atoms with Gasteiger partial charge >= 0.3 is 0 Å². The number of carbonyl (C=O) groups is 2. The summed E-state index contributed by atoms with van der Waals surface area (Å²) in [5.41, 5.74) is -1.35. The number of benzene rings is 1. The van der Waals surface area contributed by atoms with Crippen molar-refractivity contribution in [3.05, 3.63) is 38.4 Å². The van der Waals surface area contributed by atoms with Crippen LogP contribution >= 0.6 is 0 Å². The van der Waals surface area contributed by atoms with Crippen LogP contribution in [0.3, 0.4) is 0 Å². The number of non-ortho nitro benzene ring substituents is 1. The smallest absolute Gasteiger partial charge is 0.274 e. The summed E-state index contributed by atoms with van der Waals surface area (Å²) in [5.74, 6) is -1.11. The Morgan fingerprint density at radius 3 is 2.05 bits per heavy atom. The second-order valence-corrected chi connectivity index (χ2v) is 3.81. The molecule has 0 N–H and O–H groups in total. The lowest BCUT2D eigenvalue weighted by molar-refractivity contribution is -0.393. The highest BCUT2D eigenvalue weighted by atomic mass is 16.6. The van der Waals surface area contributed by atoms with Crippen molar-refractivity contribution in [2.75, 3.05) is 4.90 Å². The molecule has 2 rings (SSSR count). The van der Waals surface area contributed by atoms with Gasteiger partial charge in [-0.25, -0.2) is 4.90 Å². The summed E-state index contributed by atoms with van der Waals surface area (Å²) in [7, 11) is 0. The topological polar surface area (TPSA) is 124 Å². The van der Waals surface area contributed by atoms with Gasteiger partial charge < -0.3 is 0 Å². The minimum atomic E-state index is -0.860. The first-order valence-corrected chi connectivity index (χ1v) is 5.20. The number of hydrogen-bond donors (Lipinski definition) is 0. The van der Waals surface area contributed by atoms with Gasteiger partial charge in [0.25, 0.3) is 11.4 Å². The number of carbonyl (C=O) groups excluding carboxylic acids is 2. The number of amides is 2. The van der Waals surface area contributed by atoms with Gasteiger partial charge in [0.1, 0.15) is 5.69 Å². The summed E-state index contributed by atoms with van der Waals surface area (Å²) < 4.78 is 0. The Kier molecular flexibility index (Phi) is 2.95. The molecule has 0 radical (unpaired) electrons. The van der Waals surface area contributed by atoms with Crippen molar-refractivity contribution in [1.29, 1.82) is 0 Å². The zero-order valence-corrected chi connectivity index (χ0v) is 9.44. The van der Waals surface area contributed by atoms with E-state index in [9.17, 15) is 29.8 Å². The Bertz CT molecular complexity index is 595. The van der Waals surface area contributed by atoms with Gasteiger partial charge in [-0.2, -0.15) is 0 Å².